The van der Waals surface area contributed by atoms with E-state index in [0.29, 0.717) is 6.54 Å². The first kappa shape index (κ1) is 9.36. The van der Waals surface area contributed by atoms with Crippen molar-refractivity contribution in [3.05, 3.63) is 40.6 Å². The van der Waals surface area contributed by atoms with E-state index >= 15 is 0 Å². The molecule has 14 heavy (non-hydrogen) atoms. The molecule has 0 aliphatic heterocycles. The second kappa shape index (κ2) is 3.89. The molecule has 0 saturated heterocycles. The molecule has 1 aromatic heterocycles. The van der Waals surface area contributed by atoms with Gasteiger partial charge in [-0.1, -0.05) is 22.0 Å². The van der Waals surface area contributed by atoms with Crippen molar-refractivity contribution in [2.24, 2.45) is 5.73 Å². The highest BCUT2D eigenvalue weighted by Gasteiger charge is 2.00. The molecule has 0 aliphatic carbocycles. The van der Waals surface area contributed by atoms with Gasteiger partial charge in [0.25, 0.3) is 0 Å². The highest BCUT2D eigenvalue weighted by molar-refractivity contribution is 9.10. The van der Waals surface area contributed by atoms with E-state index in [1.165, 1.54) is 0 Å². The Morgan fingerprint density at radius 2 is 2.29 bits per heavy atom. The Morgan fingerprint density at radius 1 is 1.43 bits per heavy atom. The molecular weight excluding hydrogens is 244 g/mol. The van der Waals surface area contributed by atoms with Gasteiger partial charge in [-0.25, -0.2) is 0 Å². The normalized spacial score (nSPS) is 10.4. The van der Waals surface area contributed by atoms with Crippen LogP contribution in [0.15, 0.2) is 34.9 Å². The zero-order chi connectivity index (χ0) is 9.97. The second-order valence-electron chi connectivity index (χ2n) is 2.81. The number of hydrogen-bond acceptors (Lipinski definition) is 3. The van der Waals surface area contributed by atoms with E-state index in [1.807, 2.05) is 24.3 Å². The monoisotopic (exact) mass is 252 g/mol. The summed E-state index contributed by atoms with van der Waals surface area (Å²) in [5.41, 5.74) is 7.14. The van der Waals surface area contributed by atoms with E-state index in [1.54, 1.807) is 11.0 Å². The van der Waals surface area contributed by atoms with Crippen LogP contribution in [0.5, 0.6) is 0 Å². The van der Waals surface area contributed by atoms with Crippen LogP contribution in [-0.2, 0) is 6.54 Å². The summed E-state index contributed by atoms with van der Waals surface area (Å²) in [5, 5.41) is 8.30. The summed E-state index contributed by atoms with van der Waals surface area (Å²) < 4.78 is 1.00. The fourth-order valence-electron chi connectivity index (χ4n) is 1.11. The molecular formula is C9H9BrN4. The first-order valence-electron chi connectivity index (χ1n) is 4.17. The van der Waals surface area contributed by atoms with Crippen molar-refractivity contribution in [3.8, 4) is 5.69 Å². The molecule has 4 nitrogen and oxygen atoms in total. The predicted molar refractivity (Wildman–Crippen MR) is 57.0 cm³/mol. The molecule has 2 N–H and O–H groups in total. The Morgan fingerprint density at radius 3 is 2.93 bits per heavy atom. The number of benzene rings is 1. The van der Waals surface area contributed by atoms with Crippen molar-refractivity contribution in [1.29, 1.82) is 0 Å². The molecule has 0 bridgehead atoms. The van der Waals surface area contributed by atoms with E-state index < -0.39 is 0 Å². The maximum Gasteiger partial charge on any atom is 0.0967 e. The maximum absolute atomic E-state index is 5.45. The summed E-state index contributed by atoms with van der Waals surface area (Å²) in [7, 11) is 0. The van der Waals surface area contributed by atoms with E-state index in [9.17, 15) is 0 Å². The standard InChI is InChI=1S/C9H9BrN4/c10-7-2-1-3-9(4-7)14-12-6-8(5-11)13-14/h1-4,6H,5,11H2. The quantitative estimate of drug-likeness (QED) is 0.882. The van der Waals surface area contributed by atoms with Gasteiger partial charge in [0.05, 0.1) is 17.6 Å². The smallest absolute Gasteiger partial charge is 0.0967 e. The minimum Gasteiger partial charge on any atom is -0.325 e. The highest BCUT2D eigenvalue weighted by Crippen LogP contribution is 2.13. The van der Waals surface area contributed by atoms with Gasteiger partial charge in [0.2, 0.25) is 0 Å². The van der Waals surface area contributed by atoms with Crippen LogP contribution >= 0.6 is 15.9 Å². The Bertz CT molecular complexity index is 438. The number of halogens is 1. The SMILES string of the molecule is NCc1cnn(-c2cccc(Br)c2)n1. The van der Waals surface area contributed by atoms with E-state index in [2.05, 4.69) is 26.1 Å². The fourth-order valence-corrected chi connectivity index (χ4v) is 1.50. The third-order valence-electron chi connectivity index (χ3n) is 1.79. The summed E-state index contributed by atoms with van der Waals surface area (Å²) in [6, 6.07) is 7.77. The molecule has 0 unspecified atom stereocenters. The summed E-state index contributed by atoms with van der Waals surface area (Å²) in [6.45, 7) is 0.411. The second-order valence-corrected chi connectivity index (χ2v) is 3.73. The first-order chi connectivity index (χ1) is 6.79. The molecule has 0 amide bonds. The lowest BCUT2D eigenvalue weighted by atomic mass is 10.3. The largest absolute Gasteiger partial charge is 0.325 e. The minimum atomic E-state index is 0.411. The van der Waals surface area contributed by atoms with Crippen molar-refractivity contribution in [1.82, 2.24) is 15.0 Å². The van der Waals surface area contributed by atoms with E-state index in [0.717, 1.165) is 15.9 Å². The fraction of sp³-hybridized carbons (Fsp3) is 0.111. The molecule has 1 aromatic carbocycles. The van der Waals surface area contributed by atoms with Crippen LogP contribution in [0.2, 0.25) is 0 Å². The number of nitrogens with zero attached hydrogens (tertiary/aromatic N) is 3. The van der Waals surface area contributed by atoms with Crippen LogP contribution in [0.1, 0.15) is 5.69 Å². The van der Waals surface area contributed by atoms with Crippen molar-refractivity contribution < 1.29 is 0 Å². The first-order valence-corrected chi connectivity index (χ1v) is 4.96. The van der Waals surface area contributed by atoms with Crippen molar-refractivity contribution in [3.63, 3.8) is 0 Å². The van der Waals surface area contributed by atoms with Gasteiger partial charge in [-0.2, -0.15) is 15.0 Å². The van der Waals surface area contributed by atoms with Gasteiger partial charge >= 0.3 is 0 Å². The van der Waals surface area contributed by atoms with Crippen molar-refractivity contribution in [2.75, 3.05) is 0 Å². The zero-order valence-electron chi connectivity index (χ0n) is 7.39. The maximum atomic E-state index is 5.45. The van der Waals surface area contributed by atoms with Crippen LogP contribution in [-0.4, -0.2) is 15.0 Å². The lowest BCUT2D eigenvalue weighted by Gasteiger charge is -1.98. The molecule has 5 heteroatoms. The van der Waals surface area contributed by atoms with Gasteiger partial charge in [0.1, 0.15) is 0 Å². The molecule has 2 rings (SSSR count). The van der Waals surface area contributed by atoms with Crippen LogP contribution < -0.4 is 5.73 Å². The Hall–Kier alpha value is -1.20. The molecule has 1 heterocycles. The van der Waals surface area contributed by atoms with Gasteiger partial charge in [-0.05, 0) is 18.2 Å². The summed E-state index contributed by atoms with van der Waals surface area (Å²) >= 11 is 3.39. The molecule has 0 radical (unpaired) electrons. The number of aromatic nitrogens is 3. The molecule has 72 valence electrons. The van der Waals surface area contributed by atoms with Gasteiger partial charge in [0, 0.05) is 11.0 Å². The van der Waals surface area contributed by atoms with Crippen LogP contribution in [0, 0.1) is 0 Å². The van der Waals surface area contributed by atoms with Crippen LogP contribution in [0.3, 0.4) is 0 Å². The molecule has 0 spiro atoms. The van der Waals surface area contributed by atoms with E-state index in [4.69, 9.17) is 5.73 Å². The summed E-state index contributed by atoms with van der Waals surface area (Å²) in [4.78, 5) is 1.56. The number of rotatable bonds is 2. The topological polar surface area (TPSA) is 56.7 Å². The van der Waals surface area contributed by atoms with Crippen LogP contribution in [0.25, 0.3) is 5.69 Å². The Kier molecular flexibility index (Phi) is 2.60. The zero-order valence-corrected chi connectivity index (χ0v) is 8.98. The lowest BCUT2D eigenvalue weighted by molar-refractivity contribution is 0.737. The Labute approximate surface area is 89.9 Å². The Balaban J connectivity index is 2.39. The molecule has 0 fully saturated rings. The average Bonchev–Trinajstić information content (AvgIpc) is 2.66. The molecule has 2 aromatic rings. The summed E-state index contributed by atoms with van der Waals surface area (Å²) in [5.74, 6) is 0. The predicted octanol–water partition coefficient (Wildman–Crippen LogP) is 1.49. The van der Waals surface area contributed by atoms with Crippen LogP contribution in [0.4, 0.5) is 0 Å². The van der Waals surface area contributed by atoms with Gasteiger partial charge in [0.15, 0.2) is 0 Å². The minimum absolute atomic E-state index is 0.411. The lowest BCUT2D eigenvalue weighted by Crippen LogP contribution is -2.01. The van der Waals surface area contributed by atoms with E-state index in [-0.39, 0.29) is 0 Å². The van der Waals surface area contributed by atoms with Gasteiger partial charge in [-0.3, -0.25) is 0 Å². The number of nitrogens with two attached hydrogens (primary N) is 1. The number of hydrogen-bond donors (Lipinski definition) is 1. The third-order valence-corrected chi connectivity index (χ3v) is 2.28. The highest BCUT2D eigenvalue weighted by atomic mass is 79.9. The van der Waals surface area contributed by atoms with Crippen molar-refractivity contribution >= 4 is 15.9 Å². The van der Waals surface area contributed by atoms with Gasteiger partial charge in [-0.15, -0.1) is 0 Å². The van der Waals surface area contributed by atoms with Crippen molar-refractivity contribution in [2.45, 2.75) is 6.54 Å². The molecule has 0 aliphatic rings. The third kappa shape index (κ3) is 1.83. The van der Waals surface area contributed by atoms with Gasteiger partial charge < -0.3 is 5.73 Å². The molecule has 0 saturated carbocycles. The average molecular weight is 253 g/mol. The molecule has 0 atom stereocenters. The summed E-state index contributed by atoms with van der Waals surface area (Å²) in [6.07, 6.45) is 1.67.